The van der Waals surface area contributed by atoms with Crippen LogP contribution in [0.3, 0.4) is 0 Å². The molecule has 5 rings (SSSR count). The SMILES string of the molecule is CCC(c1nc2ccccc2c(=O)n1-c1ccccc1OC)N(Cc1ccco1)C(=O)c1cccs1. The normalized spacial score (nSPS) is 11.9. The van der Waals surface area contributed by atoms with Crippen LogP contribution >= 0.6 is 11.3 Å². The largest absolute Gasteiger partial charge is 0.495 e. The van der Waals surface area contributed by atoms with Gasteiger partial charge in [-0.1, -0.05) is 37.3 Å². The standard InChI is InChI=1S/C28H25N3O4S/c1-3-22(30(18-19-10-8-16-35-19)28(33)25-15-9-17-36-25)26-29-21-12-5-4-11-20(21)27(32)31(26)23-13-6-7-14-24(23)34-2/h4-17,22H,3,18H2,1-2H3. The maximum atomic E-state index is 13.9. The molecule has 0 radical (unpaired) electrons. The first-order valence-corrected chi connectivity index (χ1v) is 12.5. The lowest BCUT2D eigenvalue weighted by atomic mass is 10.1. The predicted molar refractivity (Wildman–Crippen MR) is 140 cm³/mol. The van der Waals surface area contributed by atoms with E-state index in [0.717, 1.165) is 0 Å². The van der Waals surface area contributed by atoms with E-state index in [1.807, 2.05) is 60.8 Å². The number of thiophene rings is 1. The molecule has 2 aromatic carbocycles. The number of aromatic nitrogens is 2. The number of amides is 1. The van der Waals surface area contributed by atoms with Gasteiger partial charge in [0.05, 0.1) is 47.4 Å². The van der Waals surface area contributed by atoms with Crippen molar-refractivity contribution < 1.29 is 13.9 Å². The van der Waals surface area contributed by atoms with E-state index in [1.165, 1.54) is 11.3 Å². The Balaban J connectivity index is 1.76. The molecule has 182 valence electrons. The van der Waals surface area contributed by atoms with Gasteiger partial charge in [0.25, 0.3) is 11.5 Å². The highest BCUT2D eigenvalue weighted by Gasteiger charge is 2.31. The van der Waals surface area contributed by atoms with Crippen LogP contribution in [0.4, 0.5) is 0 Å². The first-order chi connectivity index (χ1) is 17.6. The highest BCUT2D eigenvalue weighted by atomic mass is 32.1. The molecule has 0 saturated carbocycles. The number of benzene rings is 2. The Morgan fingerprint density at radius 3 is 2.61 bits per heavy atom. The van der Waals surface area contributed by atoms with Crippen LogP contribution in [-0.4, -0.2) is 27.5 Å². The van der Waals surface area contributed by atoms with Crippen molar-refractivity contribution in [1.82, 2.24) is 14.5 Å². The predicted octanol–water partition coefficient (Wildman–Crippen LogP) is 5.84. The molecule has 0 aliphatic carbocycles. The first kappa shape index (κ1) is 23.6. The molecule has 36 heavy (non-hydrogen) atoms. The number of para-hydroxylation sites is 3. The van der Waals surface area contributed by atoms with E-state index < -0.39 is 6.04 Å². The fraction of sp³-hybridized carbons (Fsp3) is 0.179. The molecule has 1 unspecified atom stereocenters. The Morgan fingerprint density at radius 2 is 1.89 bits per heavy atom. The molecule has 0 saturated heterocycles. The van der Waals surface area contributed by atoms with Crippen molar-refractivity contribution in [2.75, 3.05) is 7.11 Å². The third-order valence-corrected chi connectivity index (χ3v) is 6.95. The summed E-state index contributed by atoms with van der Waals surface area (Å²) < 4.78 is 12.8. The average Bonchev–Trinajstić information content (AvgIpc) is 3.63. The van der Waals surface area contributed by atoms with E-state index in [0.29, 0.717) is 45.2 Å². The zero-order chi connectivity index (χ0) is 25.1. The van der Waals surface area contributed by atoms with Gasteiger partial charge in [0.2, 0.25) is 0 Å². The lowest BCUT2D eigenvalue weighted by molar-refractivity contribution is 0.0629. The van der Waals surface area contributed by atoms with E-state index in [4.69, 9.17) is 14.1 Å². The van der Waals surface area contributed by atoms with Crippen molar-refractivity contribution in [2.45, 2.75) is 25.9 Å². The monoisotopic (exact) mass is 499 g/mol. The lowest BCUT2D eigenvalue weighted by Gasteiger charge is -2.31. The molecule has 1 atom stereocenters. The number of hydrogen-bond donors (Lipinski definition) is 0. The molecule has 5 aromatic rings. The molecule has 3 heterocycles. The average molecular weight is 500 g/mol. The summed E-state index contributed by atoms with van der Waals surface area (Å²) in [6.07, 6.45) is 2.11. The smallest absolute Gasteiger partial charge is 0.266 e. The number of nitrogens with zero attached hydrogens (tertiary/aromatic N) is 3. The Kier molecular flexibility index (Phi) is 6.69. The van der Waals surface area contributed by atoms with Crippen LogP contribution in [0.25, 0.3) is 16.6 Å². The third kappa shape index (κ3) is 4.31. The molecule has 0 fully saturated rings. The van der Waals surface area contributed by atoms with Crippen molar-refractivity contribution in [1.29, 1.82) is 0 Å². The molecule has 3 aromatic heterocycles. The van der Waals surface area contributed by atoms with E-state index in [1.54, 1.807) is 47.1 Å². The highest BCUT2D eigenvalue weighted by Crippen LogP contribution is 2.32. The number of hydrogen-bond acceptors (Lipinski definition) is 6. The van der Waals surface area contributed by atoms with Crippen LogP contribution in [0.15, 0.2) is 93.7 Å². The number of methoxy groups -OCH3 is 1. The highest BCUT2D eigenvalue weighted by molar-refractivity contribution is 7.12. The number of carbonyl (C=O) groups excluding carboxylic acids is 1. The van der Waals surface area contributed by atoms with Crippen LogP contribution in [0, 0.1) is 0 Å². The second-order valence-electron chi connectivity index (χ2n) is 8.21. The molecular formula is C28H25N3O4S. The van der Waals surface area contributed by atoms with Gasteiger partial charge < -0.3 is 14.1 Å². The van der Waals surface area contributed by atoms with Gasteiger partial charge in [-0.25, -0.2) is 4.98 Å². The van der Waals surface area contributed by atoms with Crippen LogP contribution in [0.5, 0.6) is 5.75 Å². The molecule has 0 aliphatic heterocycles. The zero-order valence-corrected chi connectivity index (χ0v) is 20.8. The zero-order valence-electron chi connectivity index (χ0n) is 20.0. The fourth-order valence-corrected chi connectivity index (χ4v) is 5.08. The summed E-state index contributed by atoms with van der Waals surface area (Å²) in [6.45, 7) is 2.21. The molecule has 0 spiro atoms. The Morgan fingerprint density at radius 1 is 1.08 bits per heavy atom. The van der Waals surface area contributed by atoms with Gasteiger partial charge in [0.1, 0.15) is 17.3 Å². The van der Waals surface area contributed by atoms with Crippen LogP contribution < -0.4 is 10.3 Å². The third-order valence-electron chi connectivity index (χ3n) is 6.09. The van der Waals surface area contributed by atoms with Gasteiger partial charge in [-0.3, -0.25) is 14.2 Å². The maximum Gasteiger partial charge on any atom is 0.266 e. The summed E-state index contributed by atoms with van der Waals surface area (Å²) >= 11 is 1.38. The topological polar surface area (TPSA) is 77.6 Å². The van der Waals surface area contributed by atoms with Crippen molar-refractivity contribution in [2.24, 2.45) is 0 Å². The molecule has 0 bridgehead atoms. The summed E-state index contributed by atoms with van der Waals surface area (Å²) in [5, 5.41) is 2.36. The van der Waals surface area contributed by atoms with E-state index in [2.05, 4.69) is 0 Å². The van der Waals surface area contributed by atoms with Crippen molar-refractivity contribution >= 4 is 28.1 Å². The van der Waals surface area contributed by atoms with Gasteiger partial charge >= 0.3 is 0 Å². The number of rotatable bonds is 8. The minimum atomic E-state index is -0.521. The molecule has 1 amide bonds. The minimum Gasteiger partial charge on any atom is -0.495 e. The number of ether oxygens (including phenoxy) is 1. The van der Waals surface area contributed by atoms with Crippen molar-refractivity contribution in [3.63, 3.8) is 0 Å². The van der Waals surface area contributed by atoms with Gasteiger partial charge in [0.15, 0.2) is 0 Å². The van der Waals surface area contributed by atoms with Crippen molar-refractivity contribution in [3.05, 3.63) is 111 Å². The summed E-state index contributed by atoms with van der Waals surface area (Å²) in [5.41, 5.74) is 0.918. The second-order valence-corrected chi connectivity index (χ2v) is 9.16. The maximum absolute atomic E-state index is 13.9. The Bertz CT molecular complexity index is 1540. The molecule has 0 aliphatic rings. The Labute approximate surface area is 212 Å². The summed E-state index contributed by atoms with van der Waals surface area (Å²) in [6, 6.07) is 21.3. The van der Waals surface area contributed by atoms with Gasteiger partial charge in [-0.05, 0) is 54.3 Å². The first-order valence-electron chi connectivity index (χ1n) is 11.6. The molecular weight excluding hydrogens is 474 g/mol. The van der Waals surface area contributed by atoms with Crippen LogP contribution in [0.1, 0.15) is 40.6 Å². The van der Waals surface area contributed by atoms with Gasteiger partial charge in [-0.2, -0.15) is 0 Å². The molecule has 7 nitrogen and oxygen atoms in total. The lowest BCUT2D eigenvalue weighted by Crippen LogP contribution is -2.38. The van der Waals surface area contributed by atoms with E-state index in [9.17, 15) is 9.59 Å². The van der Waals surface area contributed by atoms with Crippen molar-refractivity contribution in [3.8, 4) is 11.4 Å². The summed E-state index contributed by atoms with van der Waals surface area (Å²) in [7, 11) is 1.57. The quantitative estimate of drug-likeness (QED) is 0.268. The van der Waals surface area contributed by atoms with E-state index >= 15 is 0 Å². The van der Waals surface area contributed by atoms with Crippen LogP contribution in [-0.2, 0) is 6.54 Å². The number of furan rings is 1. The summed E-state index contributed by atoms with van der Waals surface area (Å²) in [4.78, 5) is 35.0. The second kappa shape index (κ2) is 10.2. The summed E-state index contributed by atoms with van der Waals surface area (Å²) in [5.74, 6) is 1.49. The number of fused-ring (bicyclic) bond motifs is 1. The van der Waals surface area contributed by atoms with E-state index in [-0.39, 0.29) is 18.0 Å². The Hall–Kier alpha value is -4.17. The molecule has 8 heteroatoms. The minimum absolute atomic E-state index is 0.151. The molecule has 0 N–H and O–H groups in total. The van der Waals surface area contributed by atoms with Gasteiger partial charge in [-0.15, -0.1) is 11.3 Å². The van der Waals surface area contributed by atoms with Crippen LogP contribution in [0.2, 0.25) is 0 Å². The van der Waals surface area contributed by atoms with Gasteiger partial charge in [0, 0.05) is 0 Å². The number of carbonyl (C=O) groups is 1. The fourth-order valence-electron chi connectivity index (χ4n) is 4.40.